The number of benzene rings is 1. The molecule has 0 aromatic heterocycles. The molecular formula is C17H27ClN2O3. The monoisotopic (exact) mass is 342 g/mol. The highest BCUT2D eigenvalue weighted by molar-refractivity contribution is 5.85. The fourth-order valence-corrected chi connectivity index (χ4v) is 3.07. The number of carbonyl (C=O) groups excluding carboxylic acids is 1. The average molecular weight is 343 g/mol. The first-order valence-electron chi connectivity index (χ1n) is 7.78. The summed E-state index contributed by atoms with van der Waals surface area (Å²) >= 11 is 0. The number of carbonyl (C=O) groups is 1. The van der Waals surface area contributed by atoms with Gasteiger partial charge in [-0.2, -0.15) is 0 Å². The molecule has 2 rings (SSSR count). The maximum atomic E-state index is 11.0. The SMILES string of the molecule is CC(=O)Oc1ccc([C@H](N2CCNCC2)C(C)(C)CO)cc1.Cl. The van der Waals surface area contributed by atoms with E-state index in [0.717, 1.165) is 31.7 Å². The molecule has 0 unspecified atom stereocenters. The number of hydrogen-bond acceptors (Lipinski definition) is 5. The van der Waals surface area contributed by atoms with Crippen LogP contribution in [0.1, 0.15) is 32.4 Å². The minimum atomic E-state index is -0.318. The van der Waals surface area contributed by atoms with Crippen LogP contribution in [0.4, 0.5) is 0 Å². The van der Waals surface area contributed by atoms with Crippen LogP contribution in [-0.2, 0) is 4.79 Å². The second-order valence-electron chi connectivity index (χ2n) is 6.50. The van der Waals surface area contributed by atoms with E-state index in [-0.39, 0.29) is 36.4 Å². The molecule has 1 aromatic carbocycles. The molecule has 1 atom stereocenters. The van der Waals surface area contributed by atoms with Gasteiger partial charge in [0.1, 0.15) is 5.75 Å². The Kier molecular flexibility index (Phi) is 7.48. The molecule has 1 aromatic rings. The Morgan fingerprint density at radius 1 is 1.30 bits per heavy atom. The molecule has 1 saturated heterocycles. The molecule has 6 heteroatoms. The Bertz CT molecular complexity index is 499. The quantitative estimate of drug-likeness (QED) is 0.633. The molecule has 1 aliphatic rings. The molecule has 0 saturated carbocycles. The molecule has 23 heavy (non-hydrogen) atoms. The summed E-state index contributed by atoms with van der Waals surface area (Å²) in [5.74, 6) is 0.235. The van der Waals surface area contributed by atoms with Crippen LogP contribution in [0, 0.1) is 5.41 Å². The van der Waals surface area contributed by atoms with E-state index in [1.54, 1.807) is 0 Å². The standard InChI is InChI=1S/C17H26N2O3.ClH/c1-13(21)22-15-6-4-14(5-7-15)16(17(2,3)12-20)19-10-8-18-9-11-19;/h4-7,16,18,20H,8-12H2,1-3H3;1H/t16-;/m0./s1. The molecule has 1 heterocycles. The lowest BCUT2D eigenvalue weighted by atomic mass is 9.79. The fraction of sp³-hybridized carbons (Fsp3) is 0.588. The Morgan fingerprint density at radius 3 is 2.35 bits per heavy atom. The zero-order chi connectivity index (χ0) is 16.2. The number of aliphatic hydroxyl groups is 1. The van der Waals surface area contributed by atoms with Crippen molar-refractivity contribution in [3.05, 3.63) is 29.8 Å². The number of ether oxygens (including phenoxy) is 1. The third kappa shape index (κ3) is 5.18. The second kappa shape index (κ2) is 8.64. The average Bonchev–Trinajstić information content (AvgIpc) is 2.49. The molecule has 1 aliphatic heterocycles. The van der Waals surface area contributed by atoms with Gasteiger partial charge in [-0.15, -0.1) is 12.4 Å². The first-order valence-corrected chi connectivity index (χ1v) is 7.78. The first kappa shape index (κ1) is 19.9. The zero-order valence-electron chi connectivity index (χ0n) is 14.0. The molecular weight excluding hydrogens is 316 g/mol. The van der Waals surface area contributed by atoms with Crippen molar-refractivity contribution < 1.29 is 14.6 Å². The Morgan fingerprint density at radius 2 is 1.87 bits per heavy atom. The highest BCUT2D eigenvalue weighted by Gasteiger charge is 2.35. The summed E-state index contributed by atoms with van der Waals surface area (Å²) in [5.41, 5.74) is 0.886. The molecule has 0 aliphatic carbocycles. The summed E-state index contributed by atoms with van der Waals surface area (Å²) in [6.45, 7) is 9.52. The third-order valence-electron chi connectivity index (χ3n) is 4.12. The molecule has 0 bridgehead atoms. The molecule has 130 valence electrons. The van der Waals surface area contributed by atoms with Gasteiger partial charge in [0, 0.05) is 51.2 Å². The number of hydrogen-bond donors (Lipinski definition) is 2. The lowest BCUT2D eigenvalue weighted by Crippen LogP contribution is -2.49. The van der Waals surface area contributed by atoms with Crippen molar-refractivity contribution in [2.75, 3.05) is 32.8 Å². The molecule has 2 N–H and O–H groups in total. The van der Waals surface area contributed by atoms with Gasteiger partial charge in [-0.1, -0.05) is 26.0 Å². The second-order valence-corrected chi connectivity index (χ2v) is 6.50. The Balaban J connectivity index is 0.00000264. The molecule has 0 radical (unpaired) electrons. The lowest BCUT2D eigenvalue weighted by molar-refractivity contribution is -0.131. The van der Waals surface area contributed by atoms with Crippen LogP contribution in [0.25, 0.3) is 0 Å². The van der Waals surface area contributed by atoms with Gasteiger partial charge in [-0.25, -0.2) is 0 Å². The predicted octanol–water partition coefficient (Wildman–Crippen LogP) is 2.00. The van der Waals surface area contributed by atoms with Crippen LogP contribution in [0.15, 0.2) is 24.3 Å². The van der Waals surface area contributed by atoms with Crippen LogP contribution in [0.3, 0.4) is 0 Å². The van der Waals surface area contributed by atoms with E-state index in [9.17, 15) is 9.90 Å². The van der Waals surface area contributed by atoms with Crippen molar-refractivity contribution in [2.24, 2.45) is 5.41 Å². The largest absolute Gasteiger partial charge is 0.427 e. The van der Waals surface area contributed by atoms with Gasteiger partial charge in [-0.05, 0) is 17.7 Å². The van der Waals surface area contributed by atoms with Gasteiger partial charge in [0.15, 0.2) is 0 Å². The van der Waals surface area contributed by atoms with Gasteiger partial charge < -0.3 is 15.2 Å². The van der Waals surface area contributed by atoms with E-state index < -0.39 is 0 Å². The summed E-state index contributed by atoms with van der Waals surface area (Å²) in [6, 6.07) is 7.75. The zero-order valence-corrected chi connectivity index (χ0v) is 14.9. The van der Waals surface area contributed by atoms with E-state index in [0.29, 0.717) is 5.75 Å². The van der Waals surface area contributed by atoms with Gasteiger partial charge in [-0.3, -0.25) is 9.69 Å². The smallest absolute Gasteiger partial charge is 0.308 e. The Hall–Kier alpha value is -1.14. The number of nitrogens with zero attached hydrogens (tertiary/aromatic N) is 1. The summed E-state index contributed by atoms with van der Waals surface area (Å²) < 4.78 is 5.09. The van der Waals surface area contributed by atoms with Gasteiger partial charge >= 0.3 is 5.97 Å². The van der Waals surface area contributed by atoms with Crippen molar-refractivity contribution in [1.29, 1.82) is 0 Å². The van der Waals surface area contributed by atoms with Crippen molar-refractivity contribution >= 4 is 18.4 Å². The van der Waals surface area contributed by atoms with Crippen LogP contribution in [0.5, 0.6) is 5.75 Å². The van der Waals surface area contributed by atoms with E-state index in [4.69, 9.17) is 4.74 Å². The summed E-state index contributed by atoms with van der Waals surface area (Å²) in [7, 11) is 0. The number of rotatable bonds is 5. The normalized spacial score (nSPS) is 17.2. The number of aliphatic hydroxyl groups excluding tert-OH is 1. The van der Waals surface area contributed by atoms with E-state index in [1.807, 2.05) is 24.3 Å². The maximum Gasteiger partial charge on any atom is 0.308 e. The van der Waals surface area contributed by atoms with Gasteiger partial charge in [0.2, 0.25) is 0 Å². The van der Waals surface area contributed by atoms with Gasteiger partial charge in [0.25, 0.3) is 0 Å². The fourth-order valence-electron chi connectivity index (χ4n) is 3.07. The number of halogens is 1. The van der Waals surface area contributed by atoms with Crippen molar-refractivity contribution in [1.82, 2.24) is 10.2 Å². The summed E-state index contributed by atoms with van der Waals surface area (Å²) in [5, 5.41) is 13.2. The van der Waals surface area contributed by atoms with Crippen molar-refractivity contribution in [2.45, 2.75) is 26.8 Å². The first-order chi connectivity index (χ1) is 10.4. The maximum absolute atomic E-state index is 11.0. The predicted molar refractivity (Wildman–Crippen MR) is 93.0 cm³/mol. The molecule has 5 nitrogen and oxygen atoms in total. The third-order valence-corrected chi connectivity index (χ3v) is 4.12. The van der Waals surface area contributed by atoms with Crippen molar-refractivity contribution in [3.8, 4) is 5.75 Å². The minimum Gasteiger partial charge on any atom is -0.427 e. The van der Waals surface area contributed by atoms with Crippen LogP contribution in [0.2, 0.25) is 0 Å². The summed E-state index contributed by atoms with van der Waals surface area (Å²) in [4.78, 5) is 13.4. The molecule has 1 fully saturated rings. The van der Waals surface area contributed by atoms with E-state index >= 15 is 0 Å². The topological polar surface area (TPSA) is 61.8 Å². The van der Waals surface area contributed by atoms with Crippen molar-refractivity contribution in [3.63, 3.8) is 0 Å². The molecule has 0 spiro atoms. The number of nitrogens with one attached hydrogen (secondary N) is 1. The Labute approximate surface area is 144 Å². The van der Waals surface area contributed by atoms with Crippen LogP contribution in [-0.4, -0.2) is 48.8 Å². The summed E-state index contributed by atoms with van der Waals surface area (Å²) in [6.07, 6.45) is 0. The molecule has 0 amide bonds. The lowest BCUT2D eigenvalue weighted by Gasteiger charge is -2.43. The van der Waals surface area contributed by atoms with Gasteiger partial charge in [0.05, 0.1) is 0 Å². The highest BCUT2D eigenvalue weighted by atomic mass is 35.5. The number of piperazine rings is 1. The van der Waals surface area contributed by atoms with Crippen LogP contribution < -0.4 is 10.1 Å². The van der Waals surface area contributed by atoms with E-state index in [1.165, 1.54) is 6.92 Å². The van der Waals surface area contributed by atoms with E-state index in [2.05, 4.69) is 24.1 Å². The van der Waals surface area contributed by atoms with Crippen LogP contribution >= 0.6 is 12.4 Å². The minimum absolute atomic E-state index is 0. The number of esters is 1. The highest BCUT2D eigenvalue weighted by Crippen LogP contribution is 2.38.